The number of likely N-dealkylation sites (N-methyl/N-ethyl adjacent to an activating group) is 1. The van der Waals surface area contributed by atoms with Gasteiger partial charge in [-0.2, -0.15) is 0 Å². The molecule has 3 rings (SSSR count). The topological polar surface area (TPSA) is 35.5 Å². The molecule has 3 fully saturated rings. The first-order valence-corrected chi connectivity index (χ1v) is 7.82. The average molecular weight is 252 g/mol. The molecule has 0 aromatic carbocycles. The highest BCUT2D eigenvalue weighted by Gasteiger charge is 2.48. The molecule has 104 valence electrons. The Labute approximate surface area is 111 Å². The van der Waals surface area contributed by atoms with E-state index >= 15 is 0 Å². The van der Waals surface area contributed by atoms with Crippen LogP contribution in [0, 0.1) is 5.92 Å². The molecule has 18 heavy (non-hydrogen) atoms. The number of aliphatic hydroxyl groups is 1. The van der Waals surface area contributed by atoms with Crippen molar-refractivity contribution in [2.45, 2.75) is 69.0 Å². The number of aliphatic hydroxyl groups excluding tert-OH is 1. The van der Waals surface area contributed by atoms with E-state index < -0.39 is 0 Å². The minimum Gasteiger partial charge on any atom is -0.394 e. The molecule has 0 radical (unpaired) electrons. The molecular weight excluding hydrogens is 224 g/mol. The van der Waals surface area contributed by atoms with Crippen LogP contribution in [0.15, 0.2) is 0 Å². The zero-order valence-corrected chi connectivity index (χ0v) is 11.7. The fraction of sp³-hybridized carbons (Fsp3) is 1.00. The fourth-order valence-corrected chi connectivity index (χ4v) is 3.71. The Balaban J connectivity index is 1.63. The predicted octanol–water partition coefficient (Wildman–Crippen LogP) is 1.75. The maximum absolute atomic E-state index is 9.97. The Hall–Kier alpha value is -0.120. The van der Waals surface area contributed by atoms with Crippen molar-refractivity contribution in [1.82, 2.24) is 10.2 Å². The quantitative estimate of drug-likeness (QED) is 0.724. The molecule has 0 aromatic heterocycles. The standard InChI is InChI=1S/C15H28N2O/c1-17(14-4-2-3-5-14)10-15(11-18,12-6-7-12)16-13-8-9-13/h12-14,16,18H,2-11H2,1H3. The number of hydrogen-bond acceptors (Lipinski definition) is 3. The number of nitrogens with one attached hydrogen (secondary N) is 1. The minimum absolute atomic E-state index is 0.00148. The number of nitrogens with zero attached hydrogens (tertiary/aromatic N) is 1. The van der Waals surface area contributed by atoms with Crippen molar-refractivity contribution in [3.63, 3.8) is 0 Å². The Morgan fingerprint density at radius 1 is 1.11 bits per heavy atom. The van der Waals surface area contributed by atoms with E-state index in [2.05, 4.69) is 17.3 Å². The van der Waals surface area contributed by atoms with Gasteiger partial charge < -0.3 is 15.3 Å². The van der Waals surface area contributed by atoms with Gasteiger partial charge in [0, 0.05) is 18.6 Å². The van der Waals surface area contributed by atoms with Gasteiger partial charge in [0.15, 0.2) is 0 Å². The first-order chi connectivity index (χ1) is 8.73. The van der Waals surface area contributed by atoms with E-state index in [9.17, 15) is 5.11 Å². The summed E-state index contributed by atoms with van der Waals surface area (Å²) in [5.74, 6) is 0.715. The Bertz CT molecular complexity index is 282. The van der Waals surface area contributed by atoms with Gasteiger partial charge in [-0.25, -0.2) is 0 Å². The first kappa shape index (κ1) is 12.9. The lowest BCUT2D eigenvalue weighted by molar-refractivity contribution is 0.0829. The third-order valence-electron chi connectivity index (χ3n) is 5.19. The summed E-state index contributed by atoms with van der Waals surface area (Å²) < 4.78 is 0. The third kappa shape index (κ3) is 2.73. The van der Waals surface area contributed by atoms with Crippen LogP contribution in [0.2, 0.25) is 0 Å². The van der Waals surface area contributed by atoms with Crippen LogP contribution in [0.3, 0.4) is 0 Å². The molecule has 0 amide bonds. The predicted molar refractivity (Wildman–Crippen MR) is 73.6 cm³/mol. The van der Waals surface area contributed by atoms with Gasteiger partial charge in [-0.1, -0.05) is 12.8 Å². The van der Waals surface area contributed by atoms with Crippen LogP contribution in [-0.2, 0) is 0 Å². The summed E-state index contributed by atoms with van der Waals surface area (Å²) in [4.78, 5) is 2.52. The van der Waals surface area contributed by atoms with E-state index in [1.54, 1.807) is 0 Å². The summed E-state index contributed by atoms with van der Waals surface area (Å²) in [6.45, 7) is 1.35. The van der Waals surface area contributed by atoms with Gasteiger partial charge in [-0.05, 0) is 51.5 Å². The van der Waals surface area contributed by atoms with Crippen molar-refractivity contribution in [1.29, 1.82) is 0 Å². The highest BCUT2D eigenvalue weighted by Crippen LogP contribution is 2.42. The van der Waals surface area contributed by atoms with E-state index in [4.69, 9.17) is 0 Å². The molecule has 0 heterocycles. The van der Waals surface area contributed by atoms with E-state index in [1.165, 1.54) is 51.4 Å². The second-order valence-corrected chi connectivity index (χ2v) is 6.86. The molecule has 1 unspecified atom stereocenters. The van der Waals surface area contributed by atoms with Crippen LogP contribution in [0.25, 0.3) is 0 Å². The van der Waals surface area contributed by atoms with Crippen molar-refractivity contribution in [2.75, 3.05) is 20.2 Å². The zero-order valence-electron chi connectivity index (χ0n) is 11.7. The summed E-state index contributed by atoms with van der Waals surface area (Å²) in [5.41, 5.74) is -0.00148. The van der Waals surface area contributed by atoms with Gasteiger partial charge in [-0.15, -0.1) is 0 Å². The first-order valence-electron chi connectivity index (χ1n) is 7.82. The molecule has 3 aliphatic carbocycles. The van der Waals surface area contributed by atoms with Gasteiger partial charge in [0.05, 0.1) is 12.1 Å². The highest BCUT2D eigenvalue weighted by atomic mass is 16.3. The molecule has 3 saturated carbocycles. The third-order valence-corrected chi connectivity index (χ3v) is 5.19. The SMILES string of the molecule is CN(CC(CO)(NC1CC1)C1CC1)C1CCCC1. The minimum atomic E-state index is -0.00148. The lowest BCUT2D eigenvalue weighted by Crippen LogP contribution is -2.59. The molecule has 3 nitrogen and oxygen atoms in total. The van der Waals surface area contributed by atoms with Crippen LogP contribution in [0.4, 0.5) is 0 Å². The molecule has 0 saturated heterocycles. The molecule has 0 aromatic rings. The monoisotopic (exact) mass is 252 g/mol. The number of hydrogen-bond donors (Lipinski definition) is 2. The van der Waals surface area contributed by atoms with Crippen LogP contribution >= 0.6 is 0 Å². The van der Waals surface area contributed by atoms with Gasteiger partial charge in [0.2, 0.25) is 0 Å². The summed E-state index contributed by atoms with van der Waals surface area (Å²) in [6.07, 6.45) is 10.7. The largest absolute Gasteiger partial charge is 0.394 e. The molecule has 2 N–H and O–H groups in total. The van der Waals surface area contributed by atoms with Crippen molar-refractivity contribution in [2.24, 2.45) is 5.92 Å². The Morgan fingerprint density at radius 2 is 1.78 bits per heavy atom. The maximum atomic E-state index is 9.97. The Morgan fingerprint density at radius 3 is 2.28 bits per heavy atom. The summed E-state index contributed by atoms with van der Waals surface area (Å²) in [6, 6.07) is 1.45. The summed E-state index contributed by atoms with van der Waals surface area (Å²) >= 11 is 0. The fourth-order valence-electron chi connectivity index (χ4n) is 3.71. The van der Waals surface area contributed by atoms with Crippen molar-refractivity contribution in [3.8, 4) is 0 Å². The Kier molecular flexibility index (Phi) is 3.65. The molecule has 0 bridgehead atoms. The van der Waals surface area contributed by atoms with Crippen molar-refractivity contribution >= 4 is 0 Å². The van der Waals surface area contributed by atoms with Gasteiger partial charge >= 0.3 is 0 Å². The van der Waals surface area contributed by atoms with Crippen LogP contribution in [0.5, 0.6) is 0 Å². The maximum Gasteiger partial charge on any atom is 0.0628 e. The van der Waals surface area contributed by atoms with E-state index in [1.807, 2.05) is 0 Å². The molecule has 0 spiro atoms. The average Bonchev–Trinajstić information content (AvgIpc) is 3.29. The van der Waals surface area contributed by atoms with Gasteiger partial charge in [0.1, 0.15) is 0 Å². The molecule has 3 aliphatic rings. The highest BCUT2D eigenvalue weighted by molar-refractivity contribution is 5.06. The number of rotatable bonds is 7. The molecular formula is C15H28N2O. The van der Waals surface area contributed by atoms with E-state index in [0.717, 1.165) is 12.6 Å². The second kappa shape index (κ2) is 5.10. The summed E-state index contributed by atoms with van der Waals surface area (Å²) in [7, 11) is 2.26. The van der Waals surface area contributed by atoms with E-state index in [-0.39, 0.29) is 5.54 Å². The van der Waals surface area contributed by atoms with Gasteiger partial charge in [-0.3, -0.25) is 0 Å². The second-order valence-electron chi connectivity index (χ2n) is 6.86. The lowest BCUT2D eigenvalue weighted by Gasteiger charge is -2.39. The van der Waals surface area contributed by atoms with Crippen molar-refractivity contribution in [3.05, 3.63) is 0 Å². The van der Waals surface area contributed by atoms with Gasteiger partial charge in [0.25, 0.3) is 0 Å². The summed E-state index contributed by atoms with van der Waals surface area (Å²) in [5, 5.41) is 13.7. The molecule has 3 heteroatoms. The molecule has 0 aliphatic heterocycles. The lowest BCUT2D eigenvalue weighted by atomic mass is 9.92. The van der Waals surface area contributed by atoms with Crippen LogP contribution in [0.1, 0.15) is 51.4 Å². The van der Waals surface area contributed by atoms with Crippen LogP contribution < -0.4 is 5.32 Å². The van der Waals surface area contributed by atoms with E-state index in [0.29, 0.717) is 18.6 Å². The van der Waals surface area contributed by atoms with Crippen LogP contribution in [-0.4, -0.2) is 47.8 Å². The molecule has 1 atom stereocenters. The zero-order chi connectivity index (χ0) is 12.6. The smallest absolute Gasteiger partial charge is 0.0628 e. The van der Waals surface area contributed by atoms with Crippen molar-refractivity contribution < 1.29 is 5.11 Å². The normalized spacial score (nSPS) is 28.8.